The maximum Gasteiger partial charge on any atom is 0.0793 e. The van der Waals surface area contributed by atoms with Crippen LogP contribution in [0.3, 0.4) is 0 Å². The molecular formula is C32H16N2. The topological polar surface area (TPSA) is 25.8 Å². The fourth-order valence-corrected chi connectivity index (χ4v) is 6.43. The maximum absolute atomic E-state index is 5.07. The molecule has 2 nitrogen and oxygen atoms in total. The van der Waals surface area contributed by atoms with E-state index < -0.39 is 0 Å². The van der Waals surface area contributed by atoms with Gasteiger partial charge in [-0.2, -0.15) is 0 Å². The highest BCUT2D eigenvalue weighted by molar-refractivity contribution is 6.45. The summed E-state index contributed by atoms with van der Waals surface area (Å²) in [5.74, 6) is 0. The Hall–Kier alpha value is -4.56. The van der Waals surface area contributed by atoms with Crippen LogP contribution in [-0.4, -0.2) is 9.97 Å². The maximum atomic E-state index is 5.07. The normalized spacial score (nSPS) is 12.7. The molecule has 0 aliphatic carbocycles. The summed E-state index contributed by atoms with van der Waals surface area (Å²) in [4.78, 5) is 9.93. The van der Waals surface area contributed by atoms with Crippen molar-refractivity contribution in [3.05, 3.63) is 97.3 Å². The van der Waals surface area contributed by atoms with Crippen molar-refractivity contribution in [2.45, 2.75) is 0 Å². The number of hydrogen-bond acceptors (Lipinski definition) is 2. The molecule has 9 aromatic rings. The summed E-state index contributed by atoms with van der Waals surface area (Å²) < 4.78 is 0. The van der Waals surface area contributed by atoms with Crippen molar-refractivity contribution >= 4 is 86.4 Å². The molecule has 154 valence electrons. The molecule has 2 heterocycles. The zero-order valence-electron chi connectivity index (χ0n) is 18.1. The first-order valence-corrected chi connectivity index (χ1v) is 11.7. The lowest BCUT2D eigenvalue weighted by Crippen LogP contribution is -1.94. The smallest absolute Gasteiger partial charge is 0.0793 e. The van der Waals surface area contributed by atoms with E-state index in [1.54, 1.807) is 0 Å². The Balaban J connectivity index is 1.71. The van der Waals surface area contributed by atoms with Gasteiger partial charge < -0.3 is 0 Å². The van der Waals surface area contributed by atoms with E-state index in [4.69, 9.17) is 9.97 Å². The molecule has 0 bridgehead atoms. The van der Waals surface area contributed by atoms with Crippen molar-refractivity contribution in [3.8, 4) is 0 Å². The number of benzene rings is 7. The molecule has 2 heteroatoms. The molecule has 34 heavy (non-hydrogen) atoms. The lowest BCUT2D eigenvalue weighted by molar-refractivity contribution is 1.44. The highest BCUT2D eigenvalue weighted by Gasteiger charge is 2.21. The van der Waals surface area contributed by atoms with Crippen LogP contribution in [0.4, 0.5) is 0 Å². The average molecular weight is 428 g/mol. The van der Waals surface area contributed by atoms with E-state index in [-0.39, 0.29) is 0 Å². The molecule has 0 fully saturated rings. The highest BCUT2D eigenvalue weighted by Crippen LogP contribution is 2.48. The number of hydrogen-bond donors (Lipinski definition) is 0. The molecule has 0 N–H and O–H groups in total. The van der Waals surface area contributed by atoms with Crippen molar-refractivity contribution in [2.75, 3.05) is 0 Å². The van der Waals surface area contributed by atoms with Gasteiger partial charge in [0.1, 0.15) is 0 Å². The molecule has 0 spiro atoms. The summed E-state index contributed by atoms with van der Waals surface area (Å²) in [6, 6.07) is 30.9. The fraction of sp³-hybridized carbons (Fsp3) is 0. The van der Waals surface area contributed by atoms with Gasteiger partial charge in [-0.25, -0.2) is 0 Å². The molecule has 0 unspecified atom stereocenters. The SMILES string of the molecule is c1ccc2c(c1)cc1ccc3c4c(cnc2c14)c1ccc2ccnc4c5ccccc5c3c1c24. The lowest BCUT2D eigenvalue weighted by Gasteiger charge is -2.20. The minimum absolute atomic E-state index is 1.08. The van der Waals surface area contributed by atoms with Gasteiger partial charge in [0.2, 0.25) is 0 Å². The minimum atomic E-state index is 1.08. The third-order valence-corrected chi connectivity index (χ3v) is 7.79. The first-order chi connectivity index (χ1) is 16.9. The van der Waals surface area contributed by atoms with Crippen molar-refractivity contribution in [1.82, 2.24) is 9.97 Å². The van der Waals surface area contributed by atoms with Gasteiger partial charge in [0.25, 0.3) is 0 Å². The molecule has 9 rings (SSSR count). The molecule has 0 amide bonds. The Bertz CT molecular complexity index is 2280. The van der Waals surface area contributed by atoms with E-state index in [0.717, 1.165) is 11.0 Å². The molecule has 0 radical (unpaired) electrons. The predicted octanol–water partition coefficient (Wildman–Crippen LogP) is 8.58. The quantitative estimate of drug-likeness (QED) is 0.178. The molecular weight excluding hydrogens is 412 g/mol. The van der Waals surface area contributed by atoms with Crippen LogP contribution >= 0.6 is 0 Å². The number of pyridine rings is 2. The van der Waals surface area contributed by atoms with Crippen LogP contribution in [0.15, 0.2) is 97.3 Å². The third-order valence-electron chi connectivity index (χ3n) is 7.79. The Morgan fingerprint density at radius 2 is 1.06 bits per heavy atom. The second kappa shape index (κ2) is 5.67. The van der Waals surface area contributed by atoms with Crippen molar-refractivity contribution in [2.24, 2.45) is 0 Å². The summed E-state index contributed by atoms with van der Waals surface area (Å²) in [7, 11) is 0. The predicted molar refractivity (Wildman–Crippen MR) is 144 cm³/mol. The summed E-state index contributed by atoms with van der Waals surface area (Å²) in [6.07, 6.45) is 4.03. The molecule has 0 atom stereocenters. The van der Waals surface area contributed by atoms with Crippen molar-refractivity contribution in [3.63, 3.8) is 0 Å². The van der Waals surface area contributed by atoms with Crippen LogP contribution in [0.2, 0.25) is 0 Å². The van der Waals surface area contributed by atoms with E-state index >= 15 is 0 Å². The van der Waals surface area contributed by atoms with Crippen LogP contribution in [0.25, 0.3) is 86.4 Å². The molecule has 7 aromatic carbocycles. The van der Waals surface area contributed by atoms with Crippen molar-refractivity contribution < 1.29 is 0 Å². The second-order valence-corrected chi connectivity index (χ2v) is 9.37. The minimum Gasteiger partial charge on any atom is -0.256 e. The van der Waals surface area contributed by atoms with Gasteiger partial charge in [0.05, 0.1) is 11.0 Å². The van der Waals surface area contributed by atoms with Gasteiger partial charge in [0, 0.05) is 50.1 Å². The monoisotopic (exact) mass is 428 g/mol. The Morgan fingerprint density at radius 1 is 0.382 bits per heavy atom. The Kier molecular flexibility index (Phi) is 2.83. The molecule has 0 saturated carbocycles. The Labute approximate surface area is 193 Å². The molecule has 0 aliphatic heterocycles. The molecule has 0 saturated heterocycles. The van der Waals surface area contributed by atoms with Gasteiger partial charge >= 0.3 is 0 Å². The second-order valence-electron chi connectivity index (χ2n) is 9.37. The first kappa shape index (κ1) is 17.0. The van der Waals surface area contributed by atoms with Gasteiger partial charge in [-0.3, -0.25) is 9.97 Å². The average Bonchev–Trinajstić information content (AvgIpc) is 2.90. The lowest BCUT2D eigenvalue weighted by atomic mass is 9.84. The molecule has 0 aliphatic rings. The highest BCUT2D eigenvalue weighted by atomic mass is 14.7. The van der Waals surface area contributed by atoms with E-state index in [9.17, 15) is 0 Å². The number of nitrogens with zero attached hydrogens (tertiary/aromatic N) is 2. The largest absolute Gasteiger partial charge is 0.256 e. The summed E-state index contributed by atoms with van der Waals surface area (Å²) in [5.41, 5.74) is 2.17. The van der Waals surface area contributed by atoms with E-state index in [1.807, 2.05) is 6.20 Å². The van der Waals surface area contributed by atoms with Gasteiger partial charge in [-0.15, -0.1) is 0 Å². The van der Waals surface area contributed by atoms with Crippen LogP contribution in [0, 0.1) is 0 Å². The van der Waals surface area contributed by atoms with E-state index in [1.165, 1.54) is 75.4 Å². The van der Waals surface area contributed by atoms with Gasteiger partial charge in [-0.05, 0) is 49.8 Å². The summed E-state index contributed by atoms with van der Waals surface area (Å²) in [5, 5.41) is 17.7. The number of rotatable bonds is 0. The van der Waals surface area contributed by atoms with Crippen LogP contribution in [-0.2, 0) is 0 Å². The van der Waals surface area contributed by atoms with Gasteiger partial charge in [-0.1, -0.05) is 72.8 Å². The van der Waals surface area contributed by atoms with Gasteiger partial charge in [0.15, 0.2) is 0 Å². The van der Waals surface area contributed by atoms with Crippen molar-refractivity contribution in [1.29, 1.82) is 0 Å². The number of fused-ring (bicyclic) bond motifs is 7. The summed E-state index contributed by atoms with van der Waals surface area (Å²) >= 11 is 0. The van der Waals surface area contributed by atoms with Crippen LogP contribution in [0.1, 0.15) is 0 Å². The van der Waals surface area contributed by atoms with E-state index in [0.29, 0.717) is 0 Å². The van der Waals surface area contributed by atoms with Crippen LogP contribution < -0.4 is 0 Å². The van der Waals surface area contributed by atoms with E-state index in [2.05, 4.69) is 91.1 Å². The number of aromatic nitrogens is 2. The summed E-state index contributed by atoms with van der Waals surface area (Å²) in [6.45, 7) is 0. The zero-order chi connectivity index (χ0) is 22.0. The third kappa shape index (κ3) is 1.83. The zero-order valence-corrected chi connectivity index (χ0v) is 18.1. The molecule has 2 aromatic heterocycles. The fourth-order valence-electron chi connectivity index (χ4n) is 6.43. The standard InChI is InChI=1S/C32H16N2/c1-2-6-20-18(5-1)15-19-10-12-24-28-21-7-3-4-8-23(21)32-26-17(13-14-33-32)9-11-22(30(26)28)25-16-34-31(20)27(19)29(24)25/h1-16H. The first-order valence-electron chi connectivity index (χ1n) is 11.7. The van der Waals surface area contributed by atoms with Crippen LogP contribution in [0.5, 0.6) is 0 Å². The Morgan fingerprint density at radius 3 is 2.00 bits per heavy atom.